The predicted octanol–water partition coefficient (Wildman–Crippen LogP) is 3.40. The van der Waals surface area contributed by atoms with Crippen LogP contribution in [-0.4, -0.2) is 9.97 Å². The Morgan fingerprint density at radius 2 is 2.16 bits per heavy atom. The lowest BCUT2D eigenvalue weighted by atomic mass is 10.1. The van der Waals surface area contributed by atoms with Gasteiger partial charge in [-0.2, -0.15) is 0 Å². The van der Waals surface area contributed by atoms with Crippen LogP contribution in [0.1, 0.15) is 16.8 Å². The Labute approximate surface area is 126 Å². The number of nitrogens with two attached hydrogens (primary N) is 1. The maximum Gasteiger partial charge on any atom is 0.107 e. The summed E-state index contributed by atoms with van der Waals surface area (Å²) in [6, 6.07) is 9.87. The fourth-order valence-corrected chi connectivity index (χ4v) is 2.65. The van der Waals surface area contributed by atoms with Gasteiger partial charge in [-0.3, -0.25) is 4.98 Å². The number of halogens is 1. The Kier molecular flexibility index (Phi) is 4.50. The van der Waals surface area contributed by atoms with Crippen LogP contribution in [0.25, 0.3) is 0 Å². The van der Waals surface area contributed by atoms with Crippen LogP contribution >= 0.6 is 28.1 Å². The van der Waals surface area contributed by atoms with Crippen LogP contribution in [0.3, 0.4) is 0 Å². The standard InChI is InChI=1S/C14H14BrN3S/c1-9-5-6-10(7-17-9)8-18-12-4-2-3-11(15)13(12)14(16)19/h2-7,18H,8H2,1H3,(H2,16,19). The van der Waals surface area contributed by atoms with Crippen LogP contribution < -0.4 is 11.1 Å². The fraction of sp³-hybridized carbons (Fsp3) is 0.143. The molecule has 0 bridgehead atoms. The van der Waals surface area contributed by atoms with Gasteiger partial charge < -0.3 is 11.1 Å². The first-order valence-corrected chi connectivity index (χ1v) is 7.02. The van der Waals surface area contributed by atoms with Crippen molar-refractivity contribution in [3.63, 3.8) is 0 Å². The van der Waals surface area contributed by atoms with E-state index in [4.69, 9.17) is 18.0 Å². The molecule has 0 amide bonds. The number of nitrogens with one attached hydrogen (secondary N) is 1. The number of thiocarbonyl (C=S) groups is 1. The molecule has 5 heteroatoms. The van der Waals surface area contributed by atoms with E-state index < -0.39 is 0 Å². The van der Waals surface area contributed by atoms with E-state index >= 15 is 0 Å². The van der Waals surface area contributed by atoms with Crippen molar-refractivity contribution >= 4 is 38.8 Å². The number of benzene rings is 1. The summed E-state index contributed by atoms with van der Waals surface area (Å²) in [5.41, 5.74) is 9.62. The number of hydrogen-bond donors (Lipinski definition) is 2. The second kappa shape index (κ2) is 6.12. The van der Waals surface area contributed by atoms with E-state index in [0.717, 1.165) is 27.0 Å². The highest BCUT2D eigenvalue weighted by atomic mass is 79.9. The molecule has 2 rings (SSSR count). The van der Waals surface area contributed by atoms with Gasteiger partial charge in [-0.1, -0.05) is 24.4 Å². The zero-order valence-corrected chi connectivity index (χ0v) is 12.9. The molecular weight excluding hydrogens is 322 g/mol. The molecule has 3 nitrogen and oxygen atoms in total. The van der Waals surface area contributed by atoms with Gasteiger partial charge in [0.15, 0.2) is 0 Å². The van der Waals surface area contributed by atoms with Gasteiger partial charge in [0.1, 0.15) is 4.99 Å². The molecule has 1 aromatic carbocycles. The lowest BCUT2D eigenvalue weighted by molar-refractivity contribution is 1.08. The van der Waals surface area contributed by atoms with E-state index in [0.29, 0.717) is 11.5 Å². The van der Waals surface area contributed by atoms with Crippen LogP contribution in [-0.2, 0) is 6.54 Å². The van der Waals surface area contributed by atoms with Crippen molar-refractivity contribution < 1.29 is 0 Å². The van der Waals surface area contributed by atoms with Gasteiger partial charge in [0.25, 0.3) is 0 Å². The highest BCUT2D eigenvalue weighted by Crippen LogP contribution is 2.25. The van der Waals surface area contributed by atoms with Crippen molar-refractivity contribution in [2.45, 2.75) is 13.5 Å². The SMILES string of the molecule is Cc1ccc(CNc2cccc(Br)c2C(N)=S)cn1. The summed E-state index contributed by atoms with van der Waals surface area (Å²) in [5, 5.41) is 3.33. The van der Waals surface area contributed by atoms with Gasteiger partial charge in [-0.25, -0.2) is 0 Å². The number of nitrogens with zero attached hydrogens (tertiary/aromatic N) is 1. The average Bonchev–Trinajstić information content (AvgIpc) is 2.37. The minimum Gasteiger partial charge on any atom is -0.389 e. The van der Waals surface area contributed by atoms with Crippen LogP contribution in [0.2, 0.25) is 0 Å². The number of hydrogen-bond acceptors (Lipinski definition) is 3. The van der Waals surface area contributed by atoms with Crippen LogP contribution in [0, 0.1) is 6.92 Å². The van der Waals surface area contributed by atoms with Gasteiger partial charge in [0.2, 0.25) is 0 Å². The van der Waals surface area contributed by atoms with E-state index in [-0.39, 0.29) is 0 Å². The summed E-state index contributed by atoms with van der Waals surface area (Å²) in [7, 11) is 0. The quantitative estimate of drug-likeness (QED) is 0.841. The third-order valence-electron chi connectivity index (χ3n) is 2.72. The molecule has 0 radical (unpaired) electrons. The highest BCUT2D eigenvalue weighted by molar-refractivity contribution is 9.10. The molecule has 2 aromatic rings. The van der Waals surface area contributed by atoms with Crippen molar-refractivity contribution in [3.05, 3.63) is 57.8 Å². The molecule has 0 aliphatic carbocycles. The maximum atomic E-state index is 5.75. The second-order valence-electron chi connectivity index (χ2n) is 4.19. The van der Waals surface area contributed by atoms with Crippen LogP contribution in [0.4, 0.5) is 5.69 Å². The maximum absolute atomic E-state index is 5.75. The number of aryl methyl sites for hydroxylation is 1. The lowest BCUT2D eigenvalue weighted by Crippen LogP contribution is -2.14. The number of pyridine rings is 1. The molecule has 0 aliphatic heterocycles. The third-order valence-corrected chi connectivity index (χ3v) is 3.58. The monoisotopic (exact) mass is 335 g/mol. The topological polar surface area (TPSA) is 50.9 Å². The summed E-state index contributed by atoms with van der Waals surface area (Å²) in [6.45, 7) is 2.65. The molecule has 1 aromatic heterocycles. The molecule has 19 heavy (non-hydrogen) atoms. The Hall–Kier alpha value is -1.46. The summed E-state index contributed by atoms with van der Waals surface area (Å²) in [5.74, 6) is 0. The molecule has 3 N–H and O–H groups in total. The Morgan fingerprint density at radius 3 is 2.79 bits per heavy atom. The molecule has 0 unspecified atom stereocenters. The molecule has 0 atom stereocenters. The Morgan fingerprint density at radius 1 is 1.37 bits per heavy atom. The number of aromatic nitrogens is 1. The third kappa shape index (κ3) is 3.52. The van der Waals surface area contributed by atoms with Gasteiger partial charge in [0.05, 0.1) is 0 Å². The van der Waals surface area contributed by atoms with Crippen molar-refractivity contribution in [2.24, 2.45) is 5.73 Å². The first-order valence-electron chi connectivity index (χ1n) is 5.81. The Balaban J connectivity index is 2.18. The summed E-state index contributed by atoms with van der Waals surface area (Å²) < 4.78 is 0.895. The Bertz CT molecular complexity index is 596. The zero-order valence-electron chi connectivity index (χ0n) is 10.5. The largest absolute Gasteiger partial charge is 0.389 e. The summed E-state index contributed by atoms with van der Waals surface area (Å²) in [6.07, 6.45) is 1.86. The van der Waals surface area contributed by atoms with Gasteiger partial charge >= 0.3 is 0 Å². The first-order chi connectivity index (χ1) is 9.08. The van der Waals surface area contributed by atoms with E-state index in [9.17, 15) is 0 Å². The number of rotatable bonds is 4. The average molecular weight is 336 g/mol. The molecular formula is C14H14BrN3S. The first kappa shape index (κ1) is 14.0. The zero-order chi connectivity index (χ0) is 13.8. The van der Waals surface area contributed by atoms with Crippen molar-refractivity contribution in [3.8, 4) is 0 Å². The molecule has 0 spiro atoms. The van der Waals surface area contributed by atoms with E-state index in [2.05, 4.69) is 26.2 Å². The molecule has 0 saturated heterocycles. The van der Waals surface area contributed by atoms with Crippen LogP contribution in [0.15, 0.2) is 41.0 Å². The summed E-state index contributed by atoms with van der Waals surface area (Å²) >= 11 is 8.54. The number of anilines is 1. The van der Waals surface area contributed by atoms with Gasteiger partial charge in [0, 0.05) is 34.2 Å². The normalized spacial score (nSPS) is 10.2. The minimum atomic E-state index is 0.372. The van der Waals surface area contributed by atoms with Crippen molar-refractivity contribution in [2.75, 3.05) is 5.32 Å². The van der Waals surface area contributed by atoms with Gasteiger partial charge in [-0.15, -0.1) is 0 Å². The van der Waals surface area contributed by atoms with Gasteiger partial charge in [-0.05, 0) is 46.6 Å². The predicted molar refractivity (Wildman–Crippen MR) is 86.3 cm³/mol. The molecule has 0 fully saturated rings. The van der Waals surface area contributed by atoms with E-state index in [1.54, 1.807) is 0 Å². The second-order valence-corrected chi connectivity index (χ2v) is 5.48. The summed E-state index contributed by atoms with van der Waals surface area (Å²) in [4.78, 5) is 4.64. The van der Waals surface area contributed by atoms with E-state index in [1.165, 1.54) is 0 Å². The lowest BCUT2D eigenvalue weighted by Gasteiger charge is -2.12. The van der Waals surface area contributed by atoms with Crippen molar-refractivity contribution in [1.29, 1.82) is 0 Å². The highest BCUT2D eigenvalue weighted by Gasteiger charge is 2.08. The fourth-order valence-electron chi connectivity index (χ4n) is 1.72. The molecule has 98 valence electrons. The smallest absolute Gasteiger partial charge is 0.107 e. The van der Waals surface area contributed by atoms with E-state index in [1.807, 2.05) is 43.5 Å². The molecule has 1 heterocycles. The molecule has 0 saturated carbocycles. The minimum absolute atomic E-state index is 0.372. The van der Waals surface area contributed by atoms with Crippen LogP contribution in [0.5, 0.6) is 0 Å². The molecule has 0 aliphatic rings. The van der Waals surface area contributed by atoms with Crippen molar-refractivity contribution in [1.82, 2.24) is 4.98 Å².